The van der Waals surface area contributed by atoms with E-state index in [2.05, 4.69) is 37.2 Å². The van der Waals surface area contributed by atoms with Crippen molar-refractivity contribution in [1.82, 2.24) is 42.1 Å². The second-order valence-electron chi connectivity index (χ2n) is 17.0. The number of benzene rings is 1. The minimum atomic E-state index is -1.65. The molecule has 1 aromatic carbocycles. The van der Waals surface area contributed by atoms with Crippen molar-refractivity contribution in [1.29, 1.82) is 0 Å². The summed E-state index contributed by atoms with van der Waals surface area (Å²) in [6, 6.07) is -5.25. The Labute approximate surface area is 393 Å². The van der Waals surface area contributed by atoms with Gasteiger partial charge in [-0.05, 0) is 89.0 Å². The number of nitrogens with two attached hydrogens (primary N) is 2. The van der Waals surface area contributed by atoms with Crippen LogP contribution in [0.5, 0.6) is 5.75 Å². The molecule has 1 fully saturated rings. The van der Waals surface area contributed by atoms with Crippen LogP contribution in [0.1, 0.15) is 84.6 Å². The van der Waals surface area contributed by atoms with Gasteiger partial charge in [0.15, 0.2) is 0 Å². The summed E-state index contributed by atoms with van der Waals surface area (Å²) < 4.78 is 0. The summed E-state index contributed by atoms with van der Waals surface area (Å²) in [5.41, 5.74) is 11.8. The van der Waals surface area contributed by atoms with Gasteiger partial charge in [0.2, 0.25) is 47.3 Å². The fourth-order valence-electron chi connectivity index (χ4n) is 6.99. The third kappa shape index (κ3) is 19.4. The Balaban J connectivity index is 2.15. The lowest BCUT2D eigenvalue weighted by molar-refractivity contribution is -0.143. The SMILES string of the molecule is CC(C)C[C@H](NC(=O)CNC(=O)[C@H](CCC(=O)O)NC(=O)[C@@H]1CCCN1C(=O)[C@H](CCCCN)NC(=O)[C@H](C)NC(=O)[C@@H](N)[C@@H](C)O)C(=O)N[C@@H](CO)C(=O)N[C@@H](Cc1ccc(O)cc1)C(=O)O. The van der Waals surface area contributed by atoms with Crippen molar-refractivity contribution < 1.29 is 73.5 Å². The van der Waals surface area contributed by atoms with E-state index in [1.54, 1.807) is 13.8 Å². The number of unbranched alkanes of at least 4 members (excludes halogenated alkanes) is 1. The van der Waals surface area contributed by atoms with Crippen LogP contribution in [-0.4, -0.2) is 170 Å². The molecular formula is C43H68N10O15. The summed E-state index contributed by atoms with van der Waals surface area (Å²) in [6.45, 7) is 4.74. The summed E-state index contributed by atoms with van der Waals surface area (Å²) >= 11 is 0. The van der Waals surface area contributed by atoms with Crippen LogP contribution in [0.3, 0.4) is 0 Å². The van der Waals surface area contributed by atoms with E-state index in [0.717, 1.165) is 0 Å². The second-order valence-corrected chi connectivity index (χ2v) is 17.0. The summed E-state index contributed by atoms with van der Waals surface area (Å²) in [5, 5.41) is 65.0. The van der Waals surface area contributed by atoms with Crippen LogP contribution in [0.2, 0.25) is 0 Å². The molecule has 0 bridgehead atoms. The van der Waals surface area contributed by atoms with Crippen LogP contribution in [0.25, 0.3) is 0 Å². The van der Waals surface area contributed by atoms with E-state index >= 15 is 0 Å². The molecule has 1 aliphatic rings. The predicted molar refractivity (Wildman–Crippen MR) is 240 cm³/mol. The first-order chi connectivity index (χ1) is 32.0. The molecule has 25 heteroatoms. The number of nitrogens with zero attached hydrogens (tertiary/aromatic N) is 1. The maximum atomic E-state index is 14.0. The molecule has 2 rings (SSSR count). The van der Waals surface area contributed by atoms with Crippen molar-refractivity contribution >= 4 is 59.2 Å². The Kier molecular flexibility index (Phi) is 24.3. The van der Waals surface area contributed by atoms with Crippen LogP contribution in [0, 0.1) is 5.92 Å². The predicted octanol–water partition coefficient (Wildman–Crippen LogP) is -4.20. The number of likely N-dealkylation sites (tertiary alicyclic amines) is 1. The normalized spacial score (nSPS) is 16.9. The number of rotatable bonds is 29. The number of carbonyl (C=O) groups is 10. The van der Waals surface area contributed by atoms with E-state index in [4.69, 9.17) is 11.5 Å². The van der Waals surface area contributed by atoms with E-state index in [1.165, 1.54) is 43.0 Å². The number of nitrogens with one attached hydrogen (secondary N) is 7. The zero-order chi connectivity index (χ0) is 51.2. The number of carboxylic acid groups (broad SMARTS) is 2. The van der Waals surface area contributed by atoms with Gasteiger partial charge in [-0.25, -0.2) is 4.79 Å². The smallest absolute Gasteiger partial charge is 0.326 e. The number of aliphatic hydroxyl groups excluding tert-OH is 2. The molecule has 0 radical (unpaired) electrons. The first-order valence-corrected chi connectivity index (χ1v) is 22.4. The third-order valence-corrected chi connectivity index (χ3v) is 10.8. The number of carbonyl (C=O) groups excluding carboxylic acids is 8. The Bertz CT molecular complexity index is 1920. The number of aliphatic carboxylic acids is 2. The maximum Gasteiger partial charge on any atom is 0.326 e. The summed E-state index contributed by atoms with van der Waals surface area (Å²) in [4.78, 5) is 131. The fourth-order valence-corrected chi connectivity index (χ4v) is 6.99. The Morgan fingerprint density at radius 1 is 0.735 bits per heavy atom. The fraction of sp³-hybridized carbons (Fsp3) is 0.628. The van der Waals surface area contributed by atoms with Crippen molar-refractivity contribution in [3.8, 4) is 5.75 Å². The minimum Gasteiger partial charge on any atom is -0.508 e. The quantitative estimate of drug-likeness (QED) is 0.0339. The molecule has 8 amide bonds. The molecule has 1 saturated heterocycles. The van der Waals surface area contributed by atoms with Crippen molar-refractivity contribution in [3.05, 3.63) is 29.8 Å². The third-order valence-electron chi connectivity index (χ3n) is 10.8. The number of hydrogen-bond acceptors (Lipinski definition) is 15. The first-order valence-electron chi connectivity index (χ1n) is 22.4. The lowest BCUT2D eigenvalue weighted by atomic mass is 10.0. The number of carboxylic acids is 2. The number of phenols is 1. The Morgan fingerprint density at radius 3 is 1.93 bits per heavy atom. The van der Waals surface area contributed by atoms with Crippen LogP contribution >= 0.6 is 0 Å². The van der Waals surface area contributed by atoms with E-state index < -0.39 is 140 Å². The highest BCUT2D eigenvalue weighted by molar-refractivity contribution is 5.97. The molecular weight excluding hydrogens is 897 g/mol. The van der Waals surface area contributed by atoms with Gasteiger partial charge in [-0.2, -0.15) is 0 Å². The number of aliphatic hydroxyl groups is 2. The highest BCUT2D eigenvalue weighted by Gasteiger charge is 2.39. The van der Waals surface area contributed by atoms with E-state index in [0.29, 0.717) is 24.8 Å². The molecule has 9 atom stereocenters. The van der Waals surface area contributed by atoms with Gasteiger partial charge in [-0.3, -0.25) is 43.2 Å². The molecule has 0 saturated carbocycles. The van der Waals surface area contributed by atoms with E-state index in [9.17, 15) is 73.5 Å². The number of phenolic OH excluding ortho intramolecular Hbond substituents is 1. The zero-order valence-electron chi connectivity index (χ0n) is 38.7. The van der Waals surface area contributed by atoms with Crippen molar-refractivity contribution in [2.24, 2.45) is 17.4 Å². The average Bonchev–Trinajstić information content (AvgIpc) is 3.78. The van der Waals surface area contributed by atoms with Crippen LogP contribution in [0.15, 0.2) is 24.3 Å². The molecule has 1 heterocycles. The van der Waals surface area contributed by atoms with Gasteiger partial charge in [-0.15, -0.1) is 0 Å². The van der Waals surface area contributed by atoms with E-state index in [1.807, 2.05) is 0 Å². The molecule has 68 heavy (non-hydrogen) atoms. The van der Waals surface area contributed by atoms with Crippen LogP contribution in [0.4, 0.5) is 0 Å². The largest absolute Gasteiger partial charge is 0.508 e. The minimum absolute atomic E-state index is 0.00358. The summed E-state index contributed by atoms with van der Waals surface area (Å²) in [7, 11) is 0. The first kappa shape index (κ1) is 57.7. The Hall–Kier alpha value is -6.44. The van der Waals surface area contributed by atoms with Gasteiger partial charge in [-0.1, -0.05) is 26.0 Å². The standard InChI is InChI=1S/C43H68N10O15/c1-22(2)18-29(38(62)52-31(21-54)39(63)51-30(43(67)68)19-25-10-12-26(56)13-11-25)48-33(57)20-46-37(61)27(14-15-34(58)59)49-40(64)32-9-7-17-53(32)42(66)28(8-5-6-16-44)50-36(60)23(3)47-41(65)35(45)24(4)55/h10-13,22-24,27-32,35,54-56H,5-9,14-21,44-45H2,1-4H3,(H,46,61)(H,47,65)(H,48,57)(H,49,64)(H,50,60)(H,51,63)(H,52,62)(H,58,59)(H,67,68)/t23-,24+,27-,28-,29-,30-,31-,32-,35-/m0/s1. The van der Waals surface area contributed by atoms with E-state index in [-0.39, 0.29) is 50.4 Å². The highest BCUT2D eigenvalue weighted by Crippen LogP contribution is 2.21. The molecule has 1 aromatic rings. The lowest BCUT2D eigenvalue weighted by Crippen LogP contribution is -2.59. The topological polar surface area (TPSA) is 411 Å². The molecule has 0 aromatic heterocycles. The number of aromatic hydroxyl groups is 1. The monoisotopic (exact) mass is 964 g/mol. The number of amides is 8. The van der Waals surface area contributed by atoms with Gasteiger partial charge in [0, 0.05) is 19.4 Å². The van der Waals surface area contributed by atoms with Gasteiger partial charge in [0.1, 0.15) is 54.1 Å². The molecule has 0 unspecified atom stereocenters. The summed E-state index contributed by atoms with van der Waals surface area (Å²) in [5.74, 6) is -9.90. The van der Waals surface area contributed by atoms with Crippen molar-refractivity contribution in [3.63, 3.8) is 0 Å². The molecule has 0 aliphatic carbocycles. The second kappa shape index (κ2) is 28.7. The zero-order valence-corrected chi connectivity index (χ0v) is 38.7. The average molecular weight is 965 g/mol. The molecule has 0 spiro atoms. The molecule has 380 valence electrons. The molecule has 1 aliphatic heterocycles. The van der Waals surface area contributed by atoms with Gasteiger partial charge >= 0.3 is 11.9 Å². The molecule has 16 N–H and O–H groups in total. The lowest BCUT2D eigenvalue weighted by Gasteiger charge is -2.30. The van der Waals surface area contributed by atoms with Crippen LogP contribution < -0.4 is 48.7 Å². The van der Waals surface area contributed by atoms with Gasteiger partial charge < -0.3 is 79.1 Å². The summed E-state index contributed by atoms with van der Waals surface area (Å²) in [6.07, 6.45) is -0.937. The number of hydrogen-bond donors (Lipinski definition) is 14. The van der Waals surface area contributed by atoms with Crippen molar-refractivity contribution in [2.75, 3.05) is 26.2 Å². The molecule has 25 nitrogen and oxygen atoms in total. The maximum absolute atomic E-state index is 14.0. The van der Waals surface area contributed by atoms with Crippen LogP contribution in [-0.2, 0) is 54.4 Å². The highest BCUT2D eigenvalue weighted by atomic mass is 16.4. The Morgan fingerprint density at radius 2 is 1.35 bits per heavy atom. The van der Waals surface area contributed by atoms with Crippen molar-refractivity contribution in [2.45, 2.75) is 140 Å². The van der Waals surface area contributed by atoms with Gasteiger partial charge in [0.25, 0.3) is 0 Å². The van der Waals surface area contributed by atoms with Gasteiger partial charge in [0.05, 0.1) is 19.3 Å².